The normalized spacial score (nSPS) is 12.7. The molecule has 0 aliphatic carbocycles. The van der Waals surface area contributed by atoms with Crippen molar-refractivity contribution in [3.8, 4) is 0 Å². The lowest BCUT2D eigenvalue weighted by Gasteiger charge is -2.14. The van der Waals surface area contributed by atoms with Crippen LogP contribution in [0.3, 0.4) is 0 Å². The lowest BCUT2D eigenvalue weighted by molar-refractivity contribution is 0.511. The van der Waals surface area contributed by atoms with E-state index in [2.05, 4.69) is 45.7 Å². The number of aromatic nitrogens is 3. The molecule has 0 spiro atoms. The van der Waals surface area contributed by atoms with Crippen LogP contribution in [0.1, 0.15) is 24.9 Å². The van der Waals surface area contributed by atoms with Gasteiger partial charge in [-0.2, -0.15) is 0 Å². The van der Waals surface area contributed by atoms with Gasteiger partial charge >= 0.3 is 0 Å². The molecule has 1 N–H and O–H groups in total. The van der Waals surface area contributed by atoms with Crippen LogP contribution < -0.4 is 0 Å². The van der Waals surface area contributed by atoms with E-state index in [1.165, 1.54) is 5.56 Å². The van der Waals surface area contributed by atoms with Crippen molar-refractivity contribution in [2.45, 2.75) is 25.8 Å². The zero-order valence-electron chi connectivity index (χ0n) is 11.4. The molecule has 0 radical (unpaired) electrons. The number of benzene rings is 1. The van der Waals surface area contributed by atoms with Gasteiger partial charge in [0.15, 0.2) is 10.4 Å². The average Bonchev–Trinajstić information content (AvgIpc) is 2.82. The highest BCUT2D eigenvalue weighted by atomic mass is 32.1. The minimum Gasteiger partial charge on any atom is -0.329 e. The van der Waals surface area contributed by atoms with Crippen LogP contribution in [-0.4, -0.2) is 14.5 Å². The number of imidazole rings is 1. The van der Waals surface area contributed by atoms with E-state index in [1.807, 2.05) is 24.4 Å². The van der Waals surface area contributed by atoms with Gasteiger partial charge < -0.3 is 4.98 Å². The summed E-state index contributed by atoms with van der Waals surface area (Å²) in [6, 6.07) is 14.8. The van der Waals surface area contributed by atoms with Crippen LogP contribution in [0, 0.1) is 4.77 Å². The number of hydrogen-bond acceptors (Lipinski definition) is 2. The summed E-state index contributed by atoms with van der Waals surface area (Å²) in [5.41, 5.74) is 3.31. The second-order valence-electron chi connectivity index (χ2n) is 5.05. The van der Waals surface area contributed by atoms with E-state index in [1.54, 1.807) is 0 Å². The molecule has 3 nitrogen and oxygen atoms in total. The van der Waals surface area contributed by atoms with E-state index in [0.717, 1.165) is 28.8 Å². The van der Waals surface area contributed by atoms with Crippen molar-refractivity contribution in [1.29, 1.82) is 0 Å². The quantitative estimate of drug-likeness (QED) is 0.725. The van der Waals surface area contributed by atoms with E-state index < -0.39 is 0 Å². The second kappa shape index (κ2) is 5.59. The predicted octanol–water partition coefficient (Wildman–Crippen LogP) is 4.29. The van der Waals surface area contributed by atoms with Crippen LogP contribution >= 0.6 is 12.2 Å². The number of nitrogens with zero attached hydrogens (tertiary/aromatic N) is 2. The third-order valence-corrected chi connectivity index (χ3v) is 3.91. The lowest BCUT2D eigenvalue weighted by Crippen LogP contribution is -2.07. The number of rotatable bonds is 4. The highest BCUT2D eigenvalue weighted by Crippen LogP contribution is 2.20. The Morgan fingerprint density at radius 2 is 2.00 bits per heavy atom. The lowest BCUT2D eigenvalue weighted by atomic mass is 10.1. The predicted molar refractivity (Wildman–Crippen MR) is 84.4 cm³/mol. The second-order valence-corrected chi connectivity index (χ2v) is 5.43. The first-order valence-corrected chi connectivity index (χ1v) is 7.25. The molecule has 0 aliphatic rings. The monoisotopic (exact) mass is 283 g/mol. The van der Waals surface area contributed by atoms with E-state index in [0.29, 0.717) is 6.04 Å². The Kier molecular flexibility index (Phi) is 3.65. The van der Waals surface area contributed by atoms with Crippen molar-refractivity contribution >= 4 is 23.4 Å². The average molecular weight is 283 g/mol. The van der Waals surface area contributed by atoms with Crippen LogP contribution in [0.4, 0.5) is 0 Å². The van der Waals surface area contributed by atoms with E-state index in [4.69, 9.17) is 12.2 Å². The molecule has 1 aromatic carbocycles. The highest BCUT2D eigenvalue weighted by Gasteiger charge is 2.11. The highest BCUT2D eigenvalue weighted by molar-refractivity contribution is 7.71. The summed E-state index contributed by atoms with van der Waals surface area (Å²) in [5, 5.41) is 0. The Balaban J connectivity index is 1.84. The zero-order chi connectivity index (χ0) is 13.9. The topological polar surface area (TPSA) is 33.6 Å². The molecule has 4 heteroatoms. The minimum absolute atomic E-state index is 0.325. The van der Waals surface area contributed by atoms with Gasteiger partial charge in [-0.1, -0.05) is 30.3 Å². The molecule has 3 rings (SSSR count). The fraction of sp³-hybridized carbons (Fsp3) is 0.250. The minimum atomic E-state index is 0.325. The number of H-pyrrole nitrogens is 1. The fourth-order valence-electron chi connectivity index (χ4n) is 2.52. The van der Waals surface area contributed by atoms with Gasteiger partial charge in [0, 0.05) is 12.2 Å². The van der Waals surface area contributed by atoms with Gasteiger partial charge in [-0.25, -0.2) is 4.98 Å². The maximum atomic E-state index is 5.43. The maximum absolute atomic E-state index is 5.43. The molecular formula is C16H17N3S. The smallest absolute Gasteiger partial charge is 0.179 e. The van der Waals surface area contributed by atoms with Gasteiger partial charge in [-0.05, 0) is 49.7 Å². The van der Waals surface area contributed by atoms with Gasteiger partial charge in [-0.15, -0.1) is 0 Å². The molecule has 2 aromatic heterocycles. The Hall–Kier alpha value is -1.94. The molecule has 0 amide bonds. The summed E-state index contributed by atoms with van der Waals surface area (Å²) < 4.78 is 2.87. The van der Waals surface area contributed by atoms with Crippen LogP contribution in [-0.2, 0) is 6.42 Å². The SMILES string of the molecule is CC(CCc1ccccc1)n1c(=S)[nH]c2cccnc21. The molecule has 0 aliphatic heterocycles. The standard InChI is InChI=1S/C16H17N3S/c1-12(9-10-13-6-3-2-4-7-13)19-15-14(18-16(19)20)8-5-11-17-15/h2-8,11-12H,9-10H2,1H3,(H,18,20). The molecule has 2 heterocycles. The first-order chi connectivity index (χ1) is 9.75. The van der Waals surface area contributed by atoms with Gasteiger partial charge in [0.25, 0.3) is 0 Å². The molecule has 0 bridgehead atoms. The summed E-state index contributed by atoms with van der Waals surface area (Å²) in [6.07, 6.45) is 3.90. The van der Waals surface area contributed by atoms with Crippen molar-refractivity contribution in [2.24, 2.45) is 0 Å². The molecule has 0 fully saturated rings. The molecule has 0 saturated carbocycles. The van der Waals surface area contributed by atoms with E-state index in [-0.39, 0.29) is 0 Å². The Labute approximate surface area is 123 Å². The van der Waals surface area contributed by atoms with Crippen LogP contribution in [0.25, 0.3) is 11.2 Å². The first kappa shape index (κ1) is 13.1. The summed E-state index contributed by atoms with van der Waals surface area (Å²) in [7, 11) is 0. The van der Waals surface area contributed by atoms with Crippen molar-refractivity contribution in [3.05, 3.63) is 59.0 Å². The molecule has 0 saturated heterocycles. The summed E-state index contributed by atoms with van der Waals surface area (Å²) >= 11 is 5.43. The summed E-state index contributed by atoms with van der Waals surface area (Å²) in [6.45, 7) is 2.20. The number of hydrogen-bond donors (Lipinski definition) is 1. The Bertz CT molecular complexity index is 758. The van der Waals surface area contributed by atoms with Crippen molar-refractivity contribution in [2.75, 3.05) is 0 Å². The third kappa shape index (κ3) is 2.51. The van der Waals surface area contributed by atoms with Crippen LogP contribution in [0.15, 0.2) is 48.7 Å². The van der Waals surface area contributed by atoms with Crippen LogP contribution in [0.2, 0.25) is 0 Å². The molecule has 20 heavy (non-hydrogen) atoms. The Morgan fingerprint density at radius 3 is 2.80 bits per heavy atom. The van der Waals surface area contributed by atoms with E-state index >= 15 is 0 Å². The molecule has 1 unspecified atom stereocenters. The number of pyridine rings is 1. The summed E-state index contributed by atoms with van der Waals surface area (Å²) in [5.74, 6) is 0. The number of nitrogens with one attached hydrogen (secondary N) is 1. The number of aryl methyl sites for hydroxylation is 1. The van der Waals surface area contributed by atoms with E-state index in [9.17, 15) is 0 Å². The molecule has 1 atom stereocenters. The first-order valence-electron chi connectivity index (χ1n) is 6.85. The molecule has 3 aromatic rings. The third-order valence-electron chi connectivity index (χ3n) is 3.61. The number of fused-ring (bicyclic) bond motifs is 1. The summed E-state index contributed by atoms with van der Waals surface area (Å²) in [4.78, 5) is 7.66. The van der Waals surface area contributed by atoms with Gasteiger partial charge in [0.2, 0.25) is 0 Å². The van der Waals surface area contributed by atoms with Gasteiger partial charge in [0.1, 0.15) is 0 Å². The molecular weight excluding hydrogens is 266 g/mol. The fourth-order valence-corrected chi connectivity index (χ4v) is 2.89. The van der Waals surface area contributed by atoms with Gasteiger partial charge in [-0.3, -0.25) is 4.57 Å². The zero-order valence-corrected chi connectivity index (χ0v) is 12.2. The largest absolute Gasteiger partial charge is 0.329 e. The Morgan fingerprint density at radius 1 is 1.20 bits per heavy atom. The van der Waals surface area contributed by atoms with Crippen molar-refractivity contribution in [3.63, 3.8) is 0 Å². The van der Waals surface area contributed by atoms with Crippen LogP contribution in [0.5, 0.6) is 0 Å². The van der Waals surface area contributed by atoms with Crippen molar-refractivity contribution in [1.82, 2.24) is 14.5 Å². The number of aromatic amines is 1. The van der Waals surface area contributed by atoms with Crippen molar-refractivity contribution < 1.29 is 0 Å². The van der Waals surface area contributed by atoms with Gasteiger partial charge in [0.05, 0.1) is 5.52 Å². The maximum Gasteiger partial charge on any atom is 0.179 e. The molecule has 102 valence electrons.